The summed E-state index contributed by atoms with van der Waals surface area (Å²) in [6.07, 6.45) is 0.894. The largest absolute Gasteiger partial charge is 0.326 e. The zero-order valence-electron chi connectivity index (χ0n) is 8.54. The fourth-order valence-corrected chi connectivity index (χ4v) is 1.34. The van der Waals surface area contributed by atoms with E-state index in [1.165, 1.54) is 6.07 Å². The van der Waals surface area contributed by atoms with Crippen molar-refractivity contribution in [1.29, 1.82) is 0 Å². The lowest BCUT2D eigenvalue weighted by atomic mass is 10.0. The van der Waals surface area contributed by atoms with Gasteiger partial charge in [-0.15, -0.1) is 0 Å². The van der Waals surface area contributed by atoms with Crippen molar-refractivity contribution >= 4 is 5.78 Å². The van der Waals surface area contributed by atoms with Crippen molar-refractivity contribution in [3.05, 3.63) is 34.2 Å². The van der Waals surface area contributed by atoms with Crippen LogP contribution in [0.4, 0.5) is 0 Å². The van der Waals surface area contributed by atoms with Gasteiger partial charge >= 0.3 is 0 Å². The number of carbonyl (C=O) groups excluding carboxylic acids is 1. The number of ketones is 1. The Morgan fingerprint density at radius 1 is 1.43 bits per heavy atom. The van der Waals surface area contributed by atoms with Crippen molar-refractivity contribution in [3.63, 3.8) is 0 Å². The molecule has 0 fully saturated rings. The maximum absolute atomic E-state index is 11.4. The Labute approximate surface area is 83.2 Å². The lowest BCUT2D eigenvalue weighted by Gasteiger charge is -2.03. The van der Waals surface area contributed by atoms with E-state index < -0.39 is 0 Å². The van der Waals surface area contributed by atoms with Crippen LogP contribution in [-0.2, 0) is 11.2 Å². The van der Waals surface area contributed by atoms with Crippen LogP contribution < -0.4 is 5.56 Å². The van der Waals surface area contributed by atoms with Crippen molar-refractivity contribution in [2.45, 2.75) is 26.7 Å². The molecule has 0 aliphatic rings. The third-order valence-electron chi connectivity index (χ3n) is 1.85. The van der Waals surface area contributed by atoms with E-state index in [0.717, 1.165) is 0 Å². The molecule has 1 aromatic heterocycles. The molecular weight excluding hydrogens is 178 g/mol. The van der Waals surface area contributed by atoms with Crippen LogP contribution in [0.2, 0.25) is 0 Å². The minimum Gasteiger partial charge on any atom is -0.326 e. The molecule has 0 aliphatic carbocycles. The normalized spacial score (nSPS) is 10.5. The summed E-state index contributed by atoms with van der Waals surface area (Å²) in [6.45, 7) is 4.01. The monoisotopic (exact) mass is 193 g/mol. The molecule has 0 saturated heterocycles. The van der Waals surface area contributed by atoms with Crippen molar-refractivity contribution in [3.8, 4) is 0 Å². The standard InChI is InChI=1S/C11H15NO2/c1-8(2)6-10(13)7-9-4-3-5-11(14)12-9/h3-5,8H,6-7H2,1-2H3,(H,12,14). The number of carbonyl (C=O) groups is 1. The Bertz CT molecular complexity index is 366. The summed E-state index contributed by atoms with van der Waals surface area (Å²) in [6, 6.07) is 4.87. The first kappa shape index (κ1) is 10.7. The van der Waals surface area contributed by atoms with Gasteiger partial charge in [-0.05, 0) is 12.0 Å². The number of hydrogen-bond donors (Lipinski definition) is 1. The van der Waals surface area contributed by atoms with Crippen LogP contribution >= 0.6 is 0 Å². The highest BCUT2D eigenvalue weighted by Crippen LogP contribution is 2.03. The van der Waals surface area contributed by atoms with Gasteiger partial charge in [-0.1, -0.05) is 19.9 Å². The molecule has 3 nitrogen and oxygen atoms in total. The summed E-state index contributed by atoms with van der Waals surface area (Å²) >= 11 is 0. The lowest BCUT2D eigenvalue weighted by molar-refractivity contribution is -0.119. The van der Waals surface area contributed by atoms with E-state index in [1.807, 2.05) is 13.8 Å². The van der Waals surface area contributed by atoms with Crippen LogP contribution in [0.25, 0.3) is 0 Å². The molecule has 76 valence electrons. The first-order valence-electron chi connectivity index (χ1n) is 4.78. The second-order valence-electron chi connectivity index (χ2n) is 3.85. The zero-order chi connectivity index (χ0) is 10.6. The van der Waals surface area contributed by atoms with E-state index >= 15 is 0 Å². The third-order valence-corrected chi connectivity index (χ3v) is 1.85. The SMILES string of the molecule is CC(C)CC(=O)Cc1cccc(=O)[nH]1. The van der Waals surface area contributed by atoms with Gasteiger partial charge < -0.3 is 4.98 Å². The highest BCUT2D eigenvalue weighted by molar-refractivity contribution is 5.80. The van der Waals surface area contributed by atoms with E-state index in [0.29, 0.717) is 24.5 Å². The van der Waals surface area contributed by atoms with E-state index in [1.54, 1.807) is 12.1 Å². The quantitative estimate of drug-likeness (QED) is 0.788. The number of H-pyrrole nitrogens is 1. The molecule has 0 saturated carbocycles. The number of rotatable bonds is 4. The molecule has 0 spiro atoms. The summed E-state index contributed by atoms with van der Waals surface area (Å²) < 4.78 is 0. The fraction of sp³-hybridized carbons (Fsp3) is 0.455. The molecule has 0 aromatic carbocycles. The minimum absolute atomic E-state index is 0.153. The topological polar surface area (TPSA) is 49.9 Å². The van der Waals surface area contributed by atoms with Crippen LogP contribution in [0.3, 0.4) is 0 Å². The molecule has 1 rings (SSSR count). The van der Waals surface area contributed by atoms with Crippen molar-refractivity contribution in [2.75, 3.05) is 0 Å². The summed E-state index contributed by atoms with van der Waals surface area (Å²) in [7, 11) is 0. The molecule has 0 unspecified atom stereocenters. The van der Waals surface area contributed by atoms with E-state index in [9.17, 15) is 9.59 Å². The van der Waals surface area contributed by atoms with Crippen LogP contribution in [0.15, 0.2) is 23.0 Å². The fourth-order valence-electron chi connectivity index (χ4n) is 1.34. The number of aromatic nitrogens is 1. The van der Waals surface area contributed by atoms with Crippen LogP contribution in [0.1, 0.15) is 26.0 Å². The van der Waals surface area contributed by atoms with Gasteiger partial charge in [-0.2, -0.15) is 0 Å². The number of hydrogen-bond acceptors (Lipinski definition) is 2. The van der Waals surface area contributed by atoms with E-state index in [2.05, 4.69) is 4.98 Å². The molecule has 0 bridgehead atoms. The van der Waals surface area contributed by atoms with Crippen LogP contribution in [0, 0.1) is 5.92 Å². The summed E-state index contributed by atoms with van der Waals surface area (Å²) in [5.41, 5.74) is 0.544. The molecule has 0 atom stereocenters. The van der Waals surface area contributed by atoms with Gasteiger partial charge in [0.15, 0.2) is 0 Å². The maximum Gasteiger partial charge on any atom is 0.248 e. The molecular formula is C11H15NO2. The molecule has 0 aliphatic heterocycles. The molecule has 1 aromatic rings. The van der Waals surface area contributed by atoms with Gasteiger partial charge in [-0.3, -0.25) is 9.59 Å². The van der Waals surface area contributed by atoms with Gasteiger partial charge in [0.05, 0.1) is 0 Å². The smallest absolute Gasteiger partial charge is 0.248 e. The highest BCUT2D eigenvalue weighted by atomic mass is 16.1. The zero-order valence-corrected chi connectivity index (χ0v) is 8.54. The van der Waals surface area contributed by atoms with E-state index in [4.69, 9.17) is 0 Å². The Morgan fingerprint density at radius 3 is 2.71 bits per heavy atom. The predicted octanol–water partition coefficient (Wildman–Crippen LogP) is 1.53. The molecule has 14 heavy (non-hydrogen) atoms. The molecule has 0 amide bonds. The first-order valence-corrected chi connectivity index (χ1v) is 4.78. The summed E-state index contributed by atoms with van der Waals surface area (Å²) in [5, 5.41) is 0. The average Bonchev–Trinajstić information content (AvgIpc) is 2.01. The second-order valence-corrected chi connectivity index (χ2v) is 3.85. The van der Waals surface area contributed by atoms with Gasteiger partial charge in [0, 0.05) is 24.6 Å². The Balaban J connectivity index is 2.61. The second kappa shape index (κ2) is 4.74. The van der Waals surface area contributed by atoms with Gasteiger partial charge in [0.1, 0.15) is 5.78 Å². The van der Waals surface area contributed by atoms with Gasteiger partial charge in [0.25, 0.3) is 0 Å². The summed E-state index contributed by atoms with van der Waals surface area (Å²) in [4.78, 5) is 25.0. The van der Waals surface area contributed by atoms with Crippen LogP contribution in [-0.4, -0.2) is 10.8 Å². The number of pyridine rings is 1. The van der Waals surface area contributed by atoms with Gasteiger partial charge in [-0.25, -0.2) is 0 Å². The molecule has 0 radical (unpaired) electrons. The van der Waals surface area contributed by atoms with Crippen LogP contribution in [0.5, 0.6) is 0 Å². The van der Waals surface area contributed by atoms with Crippen molar-refractivity contribution in [2.24, 2.45) is 5.92 Å². The Morgan fingerprint density at radius 2 is 2.14 bits per heavy atom. The summed E-state index contributed by atoms with van der Waals surface area (Å²) in [5.74, 6) is 0.541. The van der Waals surface area contributed by atoms with Crippen molar-refractivity contribution < 1.29 is 4.79 Å². The molecule has 1 heterocycles. The predicted molar refractivity (Wildman–Crippen MR) is 55.2 cm³/mol. The number of nitrogens with one attached hydrogen (secondary N) is 1. The Kier molecular flexibility index (Phi) is 3.63. The number of aromatic amines is 1. The third kappa shape index (κ3) is 3.56. The molecule has 3 heteroatoms. The first-order chi connectivity index (χ1) is 6.58. The Hall–Kier alpha value is -1.38. The highest BCUT2D eigenvalue weighted by Gasteiger charge is 2.06. The van der Waals surface area contributed by atoms with E-state index in [-0.39, 0.29) is 11.3 Å². The van der Waals surface area contributed by atoms with Crippen molar-refractivity contribution in [1.82, 2.24) is 4.98 Å². The maximum atomic E-state index is 11.4. The minimum atomic E-state index is -0.153. The average molecular weight is 193 g/mol. The van der Waals surface area contributed by atoms with Gasteiger partial charge in [0.2, 0.25) is 5.56 Å². The lowest BCUT2D eigenvalue weighted by Crippen LogP contribution is -2.12. The molecule has 1 N–H and O–H groups in total. The number of Topliss-reactive ketones (excluding diaryl/α,β-unsaturated/α-hetero) is 1.